The minimum atomic E-state index is -0.573. The Labute approximate surface area is 183 Å². The van der Waals surface area contributed by atoms with Gasteiger partial charge in [0.25, 0.3) is 0 Å². The zero-order chi connectivity index (χ0) is 21.6. The topological polar surface area (TPSA) is 65.0 Å². The number of hydrogen-bond donors (Lipinski definition) is 1. The Bertz CT molecular complexity index is 987. The van der Waals surface area contributed by atoms with Crippen molar-refractivity contribution in [3.63, 3.8) is 0 Å². The van der Waals surface area contributed by atoms with E-state index in [0.717, 1.165) is 36.1 Å². The van der Waals surface area contributed by atoms with E-state index >= 15 is 0 Å². The van der Waals surface area contributed by atoms with Crippen LogP contribution in [0.4, 0.5) is 0 Å². The number of carbonyl (C=O) groups excluding carboxylic acids is 1. The zero-order valence-corrected chi connectivity index (χ0v) is 18.2. The summed E-state index contributed by atoms with van der Waals surface area (Å²) >= 11 is 0. The van der Waals surface area contributed by atoms with Crippen molar-refractivity contribution in [3.8, 4) is 17.2 Å². The summed E-state index contributed by atoms with van der Waals surface area (Å²) in [7, 11) is 0. The summed E-state index contributed by atoms with van der Waals surface area (Å²) < 4.78 is 17.7. The maximum absolute atomic E-state index is 13.3. The van der Waals surface area contributed by atoms with Gasteiger partial charge >= 0.3 is 0 Å². The Kier molecular flexibility index (Phi) is 4.97. The van der Waals surface area contributed by atoms with Crippen LogP contribution in [0.2, 0.25) is 0 Å². The number of aliphatic hydroxyl groups excluding tert-OH is 1. The molecule has 2 saturated carbocycles. The van der Waals surface area contributed by atoms with E-state index in [9.17, 15) is 9.90 Å². The highest BCUT2D eigenvalue weighted by Gasteiger charge is 2.59. The van der Waals surface area contributed by atoms with Gasteiger partial charge in [0.2, 0.25) is 6.79 Å². The van der Waals surface area contributed by atoms with Gasteiger partial charge in [0.05, 0.1) is 6.10 Å². The molecule has 2 aromatic rings. The lowest BCUT2D eigenvalue weighted by molar-refractivity contribution is -0.143. The van der Waals surface area contributed by atoms with Gasteiger partial charge in [0.1, 0.15) is 18.1 Å². The van der Waals surface area contributed by atoms with Gasteiger partial charge in [-0.2, -0.15) is 0 Å². The fraction of sp³-hybridized carbons (Fsp3) is 0.500. The first-order chi connectivity index (χ1) is 14.9. The van der Waals surface area contributed by atoms with Crippen LogP contribution >= 0.6 is 0 Å². The van der Waals surface area contributed by atoms with E-state index in [1.54, 1.807) is 0 Å². The van der Waals surface area contributed by atoms with E-state index in [1.165, 1.54) is 0 Å². The van der Waals surface area contributed by atoms with E-state index in [1.807, 2.05) is 42.5 Å². The molecule has 31 heavy (non-hydrogen) atoms. The van der Waals surface area contributed by atoms with Gasteiger partial charge in [0, 0.05) is 17.4 Å². The van der Waals surface area contributed by atoms with Gasteiger partial charge in [-0.3, -0.25) is 4.79 Å². The first kappa shape index (κ1) is 20.4. The number of aliphatic hydroxyl groups is 1. The second kappa shape index (κ2) is 7.56. The molecule has 164 valence electrons. The number of rotatable bonds is 5. The largest absolute Gasteiger partial charge is 0.488 e. The lowest BCUT2D eigenvalue weighted by Gasteiger charge is -2.49. The first-order valence-electron chi connectivity index (χ1n) is 11.2. The van der Waals surface area contributed by atoms with Crippen molar-refractivity contribution in [3.05, 3.63) is 53.6 Å². The maximum atomic E-state index is 13.3. The molecule has 4 atom stereocenters. The molecule has 5 rings (SSSR count). The number of ketones is 1. The molecule has 5 nitrogen and oxygen atoms in total. The number of benzene rings is 2. The molecule has 2 aliphatic carbocycles. The summed E-state index contributed by atoms with van der Waals surface area (Å²) in [6.07, 6.45) is 3.07. The number of fused-ring (bicyclic) bond motifs is 2. The monoisotopic (exact) mass is 422 g/mol. The molecule has 0 amide bonds. The highest BCUT2D eigenvalue weighted by atomic mass is 16.7. The predicted octanol–water partition coefficient (Wildman–Crippen LogP) is 4.68. The molecule has 1 N–H and O–H groups in total. The standard InChI is InChI=1S/C26H30O5/c1-25-13-12-23(28)26(2,21(25)10-11-22(25)27)14-18-19(8-9-20-24(18)31-16-30-20)29-15-17-6-4-3-5-7-17/h3-9,21-22,27H,10-16H2,1-2H3/t21-,22-,25-,26+/m1/s1. The maximum Gasteiger partial charge on any atom is 0.231 e. The lowest BCUT2D eigenvalue weighted by Crippen LogP contribution is -2.50. The van der Waals surface area contributed by atoms with Crippen LogP contribution < -0.4 is 14.2 Å². The molecule has 0 aromatic heterocycles. The summed E-state index contributed by atoms with van der Waals surface area (Å²) in [6.45, 7) is 4.85. The third-order valence-electron chi connectivity index (χ3n) is 7.96. The second-order valence-corrected chi connectivity index (χ2v) is 9.72. The van der Waals surface area contributed by atoms with Crippen LogP contribution in [0.1, 0.15) is 50.7 Å². The second-order valence-electron chi connectivity index (χ2n) is 9.72. The number of hydrogen-bond acceptors (Lipinski definition) is 5. The summed E-state index contributed by atoms with van der Waals surface area (Å²) in [5, 5.41) is 10.7. The van der Waals surface area contributed by atoms with Crippen molar-refractivity contribution < 1.29 is 24.1 Å². The molecule has 0 spiro atoms. The molecule has 3 aliphatic rings. The smallest absolute Gasteiger partial charge is 0.231 e. The highest BCUT2D eigenvalue weighted by Crippen LogP contribution is 2.60. The number of ether oxygens (including phenoxy) is 3. The SMILES string of the molecule is C[C@@]12CCC(=O)[C@@](C)(Cc3c(OCc4ccccc4)ccc4c3OCO4)[C@@H]1CC[C@H]2O. The summed E-state index contributed by atoms with van der Waals surface area (Å²) in [6, 6.07) is 13.8. The third-order valence-corrected chi connectivity index (χ3v) is 7.96. The summed E-state index contributed by atoms with van der Waals surface area (Å²) in [5.41, 5.74) is 1.18. The fourth-order valence-electron chi connectivity index (χ4n) is 6.11. The highest BCUT2D eigenvalue weighted by molar-refractivity contribution is 5.86. The van der Waals surface area contributed by atoms with Crippen LogP contribution in [0.5, 0.6) is 17.2 Å². The van der Waals surface area contributed by atoms with Gasteiger partial charge in [-0.05, 0) is 54.7 Å². The van der Waals surface area contributed by atoms with Gasteiger partial charge in [0.15, 0.2) is 11.5 Å². The Morgan fingerprint density at radius 3 is 2.71 bits per heavy atom. The first-order valence-corrected chi connectivity index (χ1v) is 11.2. The molecular weight excluding hydrogens is 392 g/mol. The van der Waals surface area contributed by atoms with Crippen molar-refractivity contribution in [1.82, 2.24) is 0 Å². The lowest BCUT2D eigenvalue weighted by atomic mass is 9.54. The van der Waals surface area contributed by atoms with Crippen LogP contribution in [0, 0.1) is 16.7 Å². The van der Waals surface area contributed by atoms with Crippen molar-refractivity contribution in [2.24, 2.45) is 16.7 Å². The molecular formula is C26H30O5. The number of carbonyl (C=O) groups is 1. The molecule has 0 unspecified atom stereocenters. The van der Waals surface area contributed by atoms with Crippen LogP contribution in [0.15, 0.2) is 42.5 Å². The van der Waals surface area contributed by atoms with E-state index in [4.69, 9.17) is 14.2 Å². The van der Waals surface area contributed by atoms with Crippen molar-refractivity contribution in [2.75, 3.05) is 6.79 Å². The molecule has 1 aliphatic heterocycles. The molecule has 2 aromatic carbocycles. The molecule has 0 saturated heterocycles. The minimum Gasteiger partial charge on any atom is -0.488 e. The van der Waals surface area contributed by atoms with E-state index < -0.39 is 5.41 Å². The van der Waals surface area contributed by atoms with Crippen LogP contribution in [-0.2, 0) is 17.8 Å². The molecule has 0 radical (unpaired) electrons. The third kappa shape index (κ3) is 3.30. The Morgan fingerprint density at radius 1 is 1.10 bits per heavy atom. The van der Waals surface area contributed by atoms with E-state index in [2.05, 4.69) is 13.8 Å². The fourth-order valence-corrected chi connectivity index (χ4v) is 6.11. The van der Waals surface area contributed by atoms with Crippen molar-refractivity contribution in [1.29, 1.82) is 0 Å². The molecule has 2 fully saturated rings. The van der Waals surface area contributed by atoms with Crippen LogP contribution in [0.3, 0.4) is 0 Å². The molecule has 1 heterocycles. The number of Topliss-reactive ketones (excluding diaryl/α,β-unsaturated/α-hetero) is 1. The summed E-state index contributed by atoms with van der Waals surface area (Å²) in [5.74, 6) is 2.52. The van der Waals surface area contributed by atoms with E-state index in [0.29, 0.717) is 30.9 Å². The Hall–Kier alpha value is -2.53. The van der Waals surface area contributed by atoms with Crippen molar-refractivity contribution >= 4 is 5.78 Å². The average Bonchev–Trinajstić information content (AvgIpc) is 3.37. The average molecular weight is 423 g/mol. The summed E-state index contributed by atoms with van der Waals surface area (Å²) in [4.78, 5) is 13.3. The quantitative estimate of drug-likeness (QED) is 0.758. The van der Waals surface area contributed by atoms with Crippen LogP contribution in [-0.4, -0.2) is 23.8 Å². The van der Waals surface area contributed by atoms with Gasteiger partial charge in [-0.25, -0.2) is 0 Å². The predicted molar refractivity (Wildman–Crippen MR) is 116 cm³/mol. The zero-order valence-electron chi connectivity index (χ0n) is 18.2. The molecule has 0 bridgehead atoms. The Balaban J connectivity index is 1.50. The molecule has 5 heteroatoms. The van der Waals surface area contributed by atoms with E-state index in [-0.39, 0.29) is 30.0 Å². The minimum absolute atomic E-state index is 0.136. The van der Waals surface area contributed by atoms with Gasteiger partial charge < -0.3 is 19.3 Å². The van der Waals surface area contributed by atoms with Gasteiger partial charge in [-0.15, -0.1) is 0 Å². The normalized spacial score (nSPS) is 31.5. The Morgan fingerprint density at radius 2 is 1.90 bits per heavy atom. The van der Waals surface area contributed by atoms with Crippen molar-refractivity contribution in [2.45, 2.75) is 58.7 Å². The van der Waals surface area contributed by atoms with Gasteiger partial charge in [-0.1, -0.05) is 44.2 Å². The van der Waals surface area contributed by atoms with Crippen LogP contribution in [0.25, 0.3) is 0 Å².